The van der Waals surface area contributed by atoms with Gasteiger partial charge in [-0.15, -0.1) is 0 Å². The summed E-state index contributed by atoms with van der Waals surface area (Å²) >= 11 is 0. The number of hydrogen-bond acceptors (Lipinski definition) is 5. The van der Waals surface area contributed by atoms with Gasteiger partial charge in [-0.05, 0) is 25.6 Å². The van der Waals surface area contributed by atoms with Gasteiger partial charge in [0.1, 0.15) is 11.9 Å². The van der Waals surface area contributed by atoms with Crippen molar-refractivity contribution in [3.8, 4) is 5.75 Å². The summed E-state index contributed by atoms with van der Waals surface area (Å²) in [7, 11) is 3.73. The lowest BCUT2D eigenvalue weighted by atomic mass is 9.99. The van der Waals surface area contributed by atoms with E-state index in [2.05, 4.69) is 21.7 Å². The summed E-state index contributed by atoms with van der Waals surface area (Å²) in [5.74, 6) is 0.652. The van der Waals surface area contributed by atoms with E-state index < -0.39 is 6.17 Å². The summed E-state index contributed by atoms with van der Waals surface area (Å²) in [6, 6.07) is 5.73. The number of benzene rings is 1. The third-order valence-electron chi connectivity index (χ3n) is 5.10. The summed E-state index contributed by atoms with van der Waals surface area (Å²) in [4.78, 5) is 6.73. The number of nitrogens with zero attached hydrogens (tertiary/aromatic N) is 3. The van der Waals surface area contributed by atoms with Crippen molar-refractivity contribution in [2.24, 2.45) is 0 Å². The number of piperazine rings is 1. The van der Waals surface area contributed by atoms with Gasteiger partial charge >= 0.3 is 0 Å². The van der Waals surface area contributed by atoms with Gasteiger partial charge < -0.3 is 20.3 Å². The Bertz CT molecular complexity index is 533. The third-order valence-corrected chi connectivity index (χ3v) is 5.10. The first kappa shape index (κ1) is 16.3. The highest BCUT2D eigenvalue weighted by atomic mass is 19.1. The largest absolute Gasteiger partial charge is 0.495 e. The molecule has 0 saturated carbocycles. The zero-order valence-corrected chi connectivity index (χ0v) is 14.0. The Hall–Kier alpha value is -1.53. The monoisotopic (exact) mass is 322 g/mol. The molecule has 0 aromatic heterocycles. The standard InChI is InChI=1S/C17H27FN4O/c1-20-7-9-21(10-8-20)16-5-6-22(12-14(16)18)13-3-4-15(19)17(11-13)23-2/h3-4,11,14,16H,5-10,12,19H2,1-2H3/t14-,16?/m1/s1. The molecule has 1 unspecified atom stereocenters. The van der Waals surface area contributed by atoms with Crippen LogP contribution in [0.25, 0.3) is 0 Å². The fraction of sp³-hybridized carbons (Fsp3) is 0.647. The molecule has 2 atom stereocenters. The first-order chi connectivity index (χ1) is 11.1. The quantitative estimate of drug-likeness (QED) is 0.853. The number of halogens is 1. The minimum atomic E-state index is -0.823. The number of anilines is 2. The van der Waals surface area contributed by atoms with E-state index in [4.69, 9.17) is 10.5 Å². The van der Waals surface area contributed by atoms with E-state index in [-0.39, 0.29) is 6.04 Å². The number of hydrogen-bond donors (Lipinski definition) is 1. The topological polar surface area (TPSA) is 45.0 Å². The van der Waals surface area contributed by atoms with Crippen LogP contribution in [0.15, 0.2) is 18.2 Å². The molecule has 2 N–H and O–H groups in total. The lowest BCUT2D eigenvalue weighted by Crippen LogP contribution is -2.57. The number of nitrogens with two attached hydrogens (primary N) is 1. The van der Waals surface area contributed by atoms with E-state index in [9.17, 15) is 4.39 Å². The maximum Gasteiger partial charge on any atom is 0.143 e. The summed E-state index contributed by atoms with van der Waals surface area (Å²) < 4.78 is 20.0. The first-order valence-electron chi connectivity index (χ1n) is 8.33. The smallest absolute Gasteiger partial charge is 0.143 e. The van der Waals surface area contributed by atoms with Crippen molar-refractivity contribution < 1.29 is 9.13 Å². The Morgan fingerprint density at radius 1 is 1.17 bits per heavy atom. The number of alkyl halides is 1. The molecular weight excluding hydrogens is 295 g/mol. The van der Waals surface area contributed by atoms with E-state index in [1.54, 1.807) is 7.11 Å². The molecule has 1 aromatic carbocycles. The van der Waals surface area contributed by atoms with E-state index in [1.165, 1.54) is 0 Å². The second kappa shape index (κ2) is 6.93. The number of ether oxygens (including phenoxy) is 1. The molecule has 3 rings (SSSR count). The van der Waals surface area contributed by atoms with Gasteiger partial charge in [0.25, 0.3) is 0 Å². The van der Waals surface area contributed by atoms with Crippen LogP contribution in [0, 0.1) is 0 Å². The van der Waals surface area contributed by atoms with Crippen molar-refractivity contribution in [3.63, 3.8) is 0 Å². The Balaban J connectivity index is 1.64. The lowest BCUT2D eigenvalue weighted by Gasteiger charge is -2.44. The van der Waals surface area contributed by atoms with Crippen molar-refractivity contribution in [1.82, 2.24) is 9.80 Å². The molecular formula is C17H27FN4O. The molecule has 6 heteroatoms. The number of piperidine rings is 1. The number of rotatable bonds is 3. The van der Waals surface area contributed by atoms with Crippen LogP contribution in [0.2, 0.25) is 0 Å². The lowest BCUT2D eigenvalue weighted by molar-refractivity contribution is 0.0532. The normalized spacial score (nSPS) is 27.2. The fourth-order valence-electron chi connectivity index (χ4n) is 3.59. The summed E-state index contributed by atoms with van der Waals surface area (Å²) in [5, 5.41) is 0. The molecule has 1 aromatic rings. The second-order valence-corrected chi connectivity index (χ2v) is 6.58. The molecule has 0 aliphatic carbocycles. The molecule has 0 bridgehead atoms. The molecule has 2 aliphatic heterocycles. The summed E-state index contributed by atoms with van der Waals surface area (Å²) in [5.41, 5.74) is 7.45. The van der Waals surface area contributed by atoms with Crippen LogP contribution in [-0.2, 0) is 0 Å². The molecule has 0 amide bonds. The minimum Gasteiger partial charge on any atom is -0.495 e. The molecule has 23 heavy (non-hydrogen) atoms. The van der Waals surface area contributed by atoms with Gasteiger partial charge in [0.2, 0.25) is 0 Å². The molecule has 2 saturated heterocycles. The SMILES string of the molecule is COc1cc(N2CCC(N3CCN(C)CC3)[C@H](F)C2)ccc1N. The van der Waals surface area contributed by atoms with Crippen molar-refractivity contribution >= 4 is 11.4 Å². The molecule has 0 radical (unpaired) electrons. The highest BCUT2D eigenvalue weighted by molar-refractivity contribution is 5.62. The Morgan fingerprint density at radius 3 is 2.57 bits per heavy atom. The van der Waals surface area contributed by atoms with E-state index in [0.717, 1.165) is 44.8 Å². The highest BCUT2D eigenvalue weighted by Crippen LogP contribution is 2.30. The van der Waals surface area contributed by atoms with Crippen LogP contribution in [0.4, 0.5) is 15.8 Å². The van der Waals surface area contributed by atoms with Crippen LogP contribution in [-0.4, -0.2) is 75.4 Å². The highest BCUT2D eigenvalue weighted by Gasteiger charge is 2.34. The van der Waals surface area contributed by atoms with Crippen LogP contribution in [0.5, 0.6) is 5.75 Å². The van der Waals surface area contributed by atoms with Gasteiger partial charge in [0, 0.05) is 50.5 Å². The first-order valence-corrected chi connectivity index (χ1v) is 8.33. The Morgan fingerprint density at radius 2 is 1.91 bits per heavy atom. The predicted octanol–water partition coefficient (Wildman–Crippen LogP) is 1.44. The van der Waals surface area contributed by atoms with Gasteiger partial charge in [0.05, 0.1) is 19.3 Å². The predicted molar refractivity (Wildman–Crippen MR) is 92.0 cm³/mol. The van der Waals surface area contributed by atoms with E-state index in [0.29, 0.717) is 18.0 Å². The number of likely N-dealkylation sites (N-methyl/N-ethyl adjacent to an activating group) is 1. The van der Waals surface area contributed by atoms with Gasteiger partial charge in [-0.3, -0.25) is 4.90 Å². The molecule has 2 fully saturated rings. The average Bonchev–Trinajstić information content (AvgIpc) is 2.56. The Kier molecular flexibility index (Phi) is 4.92. The molecule has 128 valence electrons. The zero-order chi connectivity index (χ0) is 16.4. The fourth-order valence-corrected chi connectivity index (χ4v) is 3.59. The number of methoxy groups -OCH3 is 1. The molecule has 2 heterocycles. The van der Waals surface area contributed by atoms with Gasteiger partial charge in [-0.25, -0.2) is 4.39 Å². The zero-order valence-electron chi connectivity index (χ0n) is 14.0. The summed E-state index contributed by atoms with van der Waals surface area (Å²) in [6.07, 6.45) is 0.0353. The van der Waals surface area contributed by atoms with Gasteiger partial charge in [0.15, 0.2) is 0 Å². The van der Waals surface area contributed by atoms with Gasteiger partial charge in [-0.2, -0.15) is 0 Å². The van der Waals surface area contributed by atoms with E-state index >= 15 is 0 Å². The van der Waals surface area contributed by atoms with Crippen LogP contribution < -0.4 is 15.4 Å². The average molecular weight is 322 g/mol. The van der Waals surface area contributed by atoms with Crippen LogP contribution in [0.1, 0.15) is 6.42 Å². The molecule has 2 aliphatic rings. The second-order valence-electron chi connectivity index (χ2n) is 6.58. The van der Waals surface area contributed by atoms with Gasteiger partial charge in [-0.1, -0.05) is 0 Å². The maximum absolute atomic E-state index is 14.8. The van der Waals surface area contributed by atoms with Crippen molar-refractivity contribution in [2.75, 3.05) is 64.1 Å². The summed E-state index contributed by atoms with van der Waals surface area (Å²) in [6.45, 7) is 5.30. The van der Waals surface area contributed by atoms with Crippen molar-refractivity contribution in [2.45, 2.75) is 18.6 Å². The minimum absolute atomic E-state index is 0.0515. The number of nitrogen functional groups attached to an aromatic ring is 1. The Labute approximate surface area is 137 Å². The van der Waals surface area contributed by atoms with E-state index in [1.807, 2.05) is 18.2 Å². The maximum atomic E-state index is 14.8. The molecule has 0 spiro atoms. The molecule has 5 nitrogen and oxygen atoms in total. The van der Waals surface area contributed by atoms with Crippen LogP contribution in [0.3, 0.4) is 0 Å². The van der Waals surface area contributed by atoms with Crippen LogP contribution >= 0.6 is 0 Å². The third kappa shape index (κ3) is 3.53. The van der Waals surface area contributed by atoms with Crippen molar-refractivity contribution in [1.29, 1.82) is 0 Å². The van der Waals surface area contributed by atoms with Crippen molar-refractivity contribution in [3.05, 3.63) is 18.2 Å².